The van der Waals surface area contributed by atoms with Gasteiger partial charge in [0.25, 0.3) is 21.8 Å². The van der Waals surface area contributed by atoms with Gasteiger partial charge < -0.3 is 14.9 Å². The Balaban J connectivity index is 1.24. The van der Waals surface area contributed by atoms with E-state index in [9.17, 15) is 23.1 Å². The van der Waals surface area contributed by atoms with Gasteiger partial charge in [-0.15, -0.1) is 0 Å². The van der Waals surface area contributed by atoms with Crippen LogP contribution in [0.5, 0.6) is 0 Å². The third-order valence-electron chi connectivity index (χ3n) is 6.61. The number of nitrogens with zero attached hydrogens (tertiary/aromatic N) is 2. The molecule has 0 atom stereocenters. The molecule has 2 amide bonds. The van der Waals surface area contributed by atoms with Gasteiger partial charge in [0.05, 0.1) is 4.90 Å². The minimum absolute atomic E-state index is 0.108. The van der Waals surface area contributed by atoms with Gasteiger partial charge in [0.15, 0.2) is 0 Å². The molecule has 5 rings (SSSR count). The van der Waals surface area contributed by atoms with Crippen molar-refractivity contribution < 1.29 is 23.1 Å². The summed E-state index contributed by atoms with van der Waals surface area (Å²) < 4.78 is 27.9. The van der Waals surface area contributed by atoms with Crippen molar-refractivity contribution in [1.82, 2.24) is 9.80 Å². The number of carbonyl (C=O) groups excluding carboxylic acids is 2. The second-order valence-corrected chi connectivity index (χ2v) is 10.9. The molecular formula is C27H27N3O5S. The molecule has 0 spiro atoms. The summed E-state index contributed by atoms with van der Waals surface area (Å²) in [5.41, 5.74) is 1.47. The number of nitrogens with one attached hydrogen (secondary N) is 1. The van der Waals surface area contributed by atoms with Crippen molar-refractivity contribution in [3.8, 4) is 11.1 Å². The zero-order valence-corrected chi connectivity index (χ0v) is 20.4. The van der Waals surface area contributed by atoms with Crippen molar-refractivity contribution in [1.29, 1.82) is 0 Å². The minimum Gasteiger partial charge on any atom is -0.380 e. The van der Waals surface area contributed by atoms with E-state index in [1.165, 1.54) is 12.1 Å². The molecule has 1 saturated heterocycles. The smallest absolute Gasteiger partial charge is 0.261 e. The number of carbonyl (C=O) groups is 2. The van der Waals surface area contributed by atoms with Gasteiger partial charge in [-0.1, -0.05) is 42.5 Å². The lowest BCUT2D eigenvalue weighted by atomic mass is 10.0. The van der Waals surface area contributed by atoms with Crippen LogP contribution in [0.25, 0.3) is 11.1 Å². The van der Waals surface area contributed by atoms with Crippen LogP contribution in [0.4, 0.5) is 5.69 Å². The number of benzene rings is 3. The number of hydrogen-bond donors (Lipinski definition) is 2. The largest absolute Gasteiger partial charge is 0.380 e. The maximum atomic E-state index is 13.0. The molecule has 1 heterocycles. The maximum absolute atomic E-state index is 13.0. The summed E-state index contributed by atoms with van der Waals surface area (Å²) in [6.07, 6.45) is 1.03. The third-order valence-corrected chi connectivity index (χ3v) is 8.01. The molecule has 0 aromatic heterocycles. The monoisotopic (exact) mass is 505 g/mol. The molecule has 2 N–H and O–H groups in total. The van der Waals surface area contributed by atoms with Crippen LogP contribution in [0.15, 0.2) is 83.8 Å². The standard InChI is InChI=1S/C27H27N3O5S/c31-25(29-15-17-30(18-16-29)26(32)27(33)13-14-27)21-11-9-20(10-12-21)22-5-4-6-23(19-22)28-36(34,35)24-7-2-1-3-8-24/h1-12,19,28,33H,13-18H2. The molecule has 1 aliphatic heterocycles. The lowest BCUT2D eigenvalue weighted by Crippen LogP contribution is -2.53. The molecule has 1 aliphatic carbocycles. The molecule has 3 aromatic carbocycles. The van der Waals surface area contributed by atoms with Crippen LogP contribution < -0.4 is 4.72 Å². The first-order valence-corrected chi connectivity index (χ1v) is 13.3. The SMILES string of the molecule is O=C(c1ccc(-c2cccc(NS(=O)(=O)c3ccccc3)c2)cc1)N1CCN(C(=O)C2(O)CC2)CC1. The van der Waals surface area contributed by atoms with Crippen LogP contribution in [0, 0.1) is 0 Å². The lowest BCUT2D eigenvalue weighted by molar-refractivity contribution is -0.143. The van der Waals surface area contributed by atoms with E-state index in [-0.39, 0.29) is 16.7 Å². The summed E-state index contributed by atoms with van der Waals surface area (Å²) in [4.78, 5) is 28.8. The molecule has 2 fully saturated rings. The highest BCUT2D eigenvalue weighted by molar-refractivity contribution is 7.92. The quantitative estimate of drug-likeness (QED) is 0.536. The van der Waals surface area contributed by atoms with Crippen LogP contribution in [-0.4, -0.2) is 66.9 Å². The Labute approximate surface area is 210 Å². The average Bonchev–Trinajstić information content (AvgIpc) is 3.67. The first-order valence-electron chi connectivity index (χ1n) is 11.8. The van der Waals surface area contributed by atoms with Crippen LogP contribution >= 0.6 is 0 Å². The molecule has 36 heavy (non-hydrogen) atoms. The second-order valence-electron chi connectivity index (χ2n) is 9.19. The fraction of sp³-hybridized carbons (Fsp3) is 0.259. The molecule has 2 aliphatic rings. The van der Waals surface area contributed by atoms with E-state index in [0.717, 1.165) is 11.1 Å². The van der Waals surface area contributed by atoms with Gasteiger partial charge in [-0.25, -0.2) is 8.42 Å². The van der Waals surface area contributed by atoms with E-state index in [1.54, 1.807) is 58.3 Å². The predicted molar refractivity (Wildman–Crippen MR) is 136 cm³/mol. The van der Waals surface area contributed by atoms with Crippen LogP contribution in [0.1, 0.15) is 23.2 Å². The first kappa shape index (κ1) is 24.0. The molecule has 186 valence electrons. The molecule has 0 unspecified atom stereocenters. The van der Waals surface area contributed by atoms with Gasteiger partial charge in [-0.2, -0.15) is 0 Å². The molecule has 1 saturated carbocycles. The van der Waals surface area contributed by atoms with Crippen molar-refractivity contribution in [2.75, 3.05) is 30.9 Å². The fourth-order valence-corrected chi connectivity index (χ4v) is 5.37. The Morgan fingerprint density at radius 2 is 1.42 bits per heavy atom. The maximum Gasteiger partial charge on any atom is 0.261 e. The normalized spacial score (nSPS) is 16.9. The highest BCUT2D eigenvalue weighted by Crippen LogP contribution is 2.37. The van der Waals surface area contributed by atoms with Crippen LogP contribution in [-0.2, 0) is 14.8 Å². The summed E-state index contributed by atoms with van der Waals surface area (Å²) >= 11 is 0. The van der Waals surface area contributed by atoms with E-state index in [2.05, 4.69) is 4.72 Å². The van der Waals surface area contributed by atoms with E-state index in [1.807, 2.05) is 18.2 Å². The van der Waals surface area contributed by atoms with Crippen molar-refractivity contribution in [2.45, 2.75) is 23.3 Å². The van der Waals surface area contributed by atoms with Crippen molar-refractivity contribution in [3.63, 3.8) is 0 Å². The minimum atomic E-state index is -3.70. The Hall–Kier alpha value is -3.69. The highest BCUT2D eigenvalue weighted by atomic mass is 32.2. The van der Waals surface area contributed by atoms with Gasteiger partial charge >= 0.3 is 0 Å². The van der Waals surface area contributed by atoms with Crippen molar-refractivity contribution in [2.24, 2.45) is 0 Å². The average molecular weight is 506 g/mol. The van der Waals surface area contributed by atoms with Gasteiger partial charge in [0.1, 0.15) is 5.60 Å². The van der Waals surface area contributed by atoms with E-state index < -0.39 is 15.6 Å². The molecule has 9 heteroatoms. The summed E-state index contributed by atoms with van der Waals surface area (Å²) in [5.74, 6) is -0.338. The molecule has 8 nitrogen and oxygen atoms in total. The summed E-state index contributed by atoms with van der Waals surface area (Å²) in [7, 11) is -3.70. The molecule has 3 aromatic rings. The molecular weight excluding hydrogens is 478 g/mol. The van der Waals surface area contributed by atoms with Crippen LogP contribution in [0.2, 0.25) is 0 Å². The number of hydrogen-bond acceptors (Lipinski definition) is 5. The van der Waals surface area contributed by atoms with E-state index in [0.29, 0.717) is 50.3 Å². The zero-order chi connectivity index (χ0) is 25.3. The van der Waals surface area contributed by atoms with Crippen molar-refractivity contribution in [3.05, 3.63) is 84.4 Å². The fourth-order valence-electron chi connectivity index (χ4n) is 4.30. The topological polar surface area (TPSA) is 107 Å². The van der Waals surface area contributed by atoms with E-state index >= 15 is 0 Å². The van der Waals surface area contributed by atoms with E-state index in [4.69, 9.17) is 0 Å². The second kappa shape index (κ2) is 9.40. The van der Waals surface area contributed by atoms with Crippen LogP contribution in [0.3, 0.4) is 0 Å². The Morgan fingerprint density at radius 1 is 0.778 bits per heavy atom. The molecule has 0 bridgehead atoms. The summed E-state index contributed by atoms with van der Waals surface area (Å²) in [6.45, 7) is 1.67. The number of aliphatic hydroxyl groups is 1. The first-order chi connectivity index (χ1) is 17.2. The van der Waals surface area contributed by atoms with Gasteiger partial charge in [0, 0.05) is 37.4 Å². The molecule has 0 radical (unpaired) electrons. The number of rotatable bonds is 6. The predicted octanol–water partition coefficient (Wildman–Crippen LogP) is 2.96. The van der Waals surface area contributed by atoms with Gasteiger partial charge in [-0.3, -0.25) is 14.3 Å². The summed E-state index contributed by atoms with van der Waals surface area (Å²) in [6, 6.07) is 22.4. The number of amides is 2. The number of sulfonamides is 1. The Bertz CT molecular complexity index is 1380. The zero-order valence-electron chi connectivity index (χ0n) is 19.6. The summed E-state index contributed by atoms with van der Waals surface area (Å²) in [5, 5.41) is 10.0. The van der Waals surface area contributed by atoms with Gasteiger partial charge in [-0.05, 0) is 60.4 Å². The van der Waals surface area contributed by atoms with Crippen molar-refractivity contribution >= 4 is 27.5 Å². The third kappa shape index (κ3) is 4.98. The number of piperazine rings is 1. The lowest BCUT2D eigenvalue weighted by Gasteiger charge is -2.35. The Kier molecular flexibility index (Phi) is 6.27. The Morgan fingerprint density at radius 3 is 2.06 bits per heavy atom. The van der Waals surface area contributed by atoms with Gasteiger partial charge in [0.2, 0.25) is 0 Å². The highest BCUT2D eigenvalue weighted by Gasteiger charge is 2.50. The number of anilines is 1.